The third-order valence-corrected chi connectivity index (χ3v) is 3.23. The molecule has 0 saturated carbocycles. The van der Waals surface area contributed by atoms with Crippen molar-refractivity contribution in [2.75, 3.05) is 6.61 Å². The monoisotopic (exact) mass is 260 g/mol. The van der Waals surface area contributed by atoms with Crippen molar-refractivity contribution in [1.29, 1.82) is 0 Å². The van der Waals surface area contributed by atoms with E-state index in [4.69, 9.17) is 5.11 Å². The van der Waals surface area contributed by atoms with E-state index in [-0.39, 0.29) is 12.6 Å². The second-order valence-electron chi connectivity index (χ2n) is 4.63. The van der Waals surface area contributed by atoms with Crippen LogP contribution in [0, 0.1) is 6.92 Å². The molecule has 19 heavy (non-hydrogen) atoms. The summed E-state index contributed by atoms with van der Waals surface area (Å²) >= 11 is 0. The summed E-state index contributed by atoms with van der Waals surface area (Å²) in [5.41, 5.74) is 3.39. The van der Waals surface area contributed by atoms with Crippen molar-refractivity contribution in [3.63, 3.8) is 0 Å². The first-order valence-electron chi connectivity index (χ1n) is 6.53. The highest BCUT2D eigenvalue weighted by Gasteiger charge is 2.06. The molecule has 1 heterocycles. The maximum Gasteiger partial charge on any atom is 0.138 e. The van der Waals surface area contributed by atoms with Gasteiger partial charge in [0.2, 0.25) is 0 Å². The van der Waals surface area contributed by atoms with Gasteiger partial charge in [0, 0.05) is 12.6 Å². The number of nitrogens with one attached hydrogen (secondary N) is 1. The van der Waals surface area contributed by atoms with Gasteiger partial charge in [0.25, 0.3) is 0 Å². The summed E-state index contributed by atoms with van der Waals surface area (Å²) in [5, 5.41) is 16.6. The summed E-state index contributed by atoms with van der Waals surface area (Å²) in [6.45, 7) is 5.06. The van der Waals surface area contributed by atoms with Gasteiger partial charge >= 0.3 is 0 Å². The summed E-state index contributed by atoms with van der Waals surface area (Å²) in [6.07, 6.45) is 4.15. The number of aliphatic hydroxyl groups is 1. The SMILES string of the molecule is CCC(CO)NCc1ccc(-n2cncn2)c(C)c1. The van der Waals surface area contributed by atoms with E-state index in [9.17, 15) is 0 Å². The van der Waals surface area contributed by atoms with Crippen molar-refractivity contribution >= 4 is 0 Å². The molecule has 5 heteroatoms. The van der Waals surface area contributed by atoms with Crippen molar-refractivity contribution in [3.8, 4) is 5.69 Å². The first-order valence-corrected chi connectivity index (χ1v) is 6.53. The number of nitrogens with zero attached hydrogens (tertiary/aromatic N) is 3. The molecule has 1 unspecified atom stereocenters. The quantitative estimate of drug-likeness (QED) is 0.825. The van der Waals surface area contributed by atoms with Gasteiger partial charge in [-0.1, -0.05) is 19.1 Å². The van der Waals surface area contributed by atoms with E-state index in [1.54, 1.807) is 11.0 Å². The number of aryl methyl sites for hydroxylation is 1. The van der Waals surface area contributed by atoms with Gasteiger partial charge < -0.3 is 10.4 Å². The molecule has 0 bridgehead atoms. The van der Waals surface area contributed by atoms with E-state index in [0.717, 1.165) is 24.2 Å². The lowest BCUT2D eigenvalue weighted by Gasteiger charge is -2.14. The number of aliphatic hydroxyl groups excluding tert-OH is 1. The van der Waals surface area contributed by atoms with Crippen LogP contribution in [-0.4, -0.2) is 32.5 Å². The summed E-state index contributed by atoms with van der Waals surface area (Å²) in [6, 6.07) is 6.41. The third-order valence-electron chi connectivity index (χ3n) is 3.23. The Labute approximate surface area is 113 Å². The van der Waals surface area contributed by atoms with Crippen LogP contribution in [0.25, 0.3) is 5.69 Å². The van der Waals surface area contributed by atoms with Gasteiger partial charge in [-0.25, -0.2) is 9.67 Å². The molecule has 5 nitrogen and oxygen atoms in total. The maximum atomic E-state index is 9.15. The van der Waals surface area contributed by atoms with E-state index in [2.05, 4.69) is 41.4 Å². The van der Waals surface area contributed by atoms with Crippen LogP contribution in [0.2, 0.25) is 0 Å². The average Bonchev–Trinajstić information content (AvgIpc) is 2.94. The fraction of sp³-hybridized carbons (Fsp3) is 0.429. The van der Waals surface area contributed by atoms with Crippen molar-refractivity contribution in [1.82, 2.24) is 20.1 Å². The summed E-state index contributed by atoms with van der Waals surface area (Å²) in [5.74, 6) is 0. The minimum Gasteiger partial charge on any atom is -0.395 e. The lowest BCUT2D eigenvalue weighted by atomic mass is 10.1. The zero-order chi connectivity index (χ0) is 13.7. The third kappa shape index (κ3) is 3.39. The second-order valence-corrected chi connectivity index (χ2v) is 4.63. The molecule has 2 aromatic rings. The van der Waals surface area contributed by atoms with Crippen LogP contribution in [0.3, 0.4) is 0 Å². The smallest absolute Gasteiger partial charge is 0.138 e. The number of rotatable bonds is 6. The molecule has 0 aliphatic heterocycles. The van der Waals surface area contributed by atoms with E-state index in [0.29, 0.717) is 0 Å². The first-order chi connectivity index (χ1) is 9.24. The molecular weight excluding hydrogens is 240 g/mol. The second kappa shape index (κ2) is 6.45. The largest absolute Gasteiger partial charge is 0.395 e. The molecule has 0 amide bonds. The highest BCUT2D eigenvalue weighted by atomic mass is 16.3. The van der Waals surface area contributed by atoms with Crippen molar-refractivity contribution < 1.29 is 5.11 Å². The minimum absolute atomic E-state index is 0.162. The Kier molecular flexibility index (Phi) is 4.65. The molecule has 1 aromatic heterocycles. The van der Waals surface area contributed by atoms with Gasteiger partial charge in [0.15, 0.2) is 0 Å². The fourth-order valence-corrected chi connectivity index (χ4v) is 2.02. The van der Waals surface area contributed by atoms with Crippen molar-refractivity contribution in [3.05, 3.63) is 42.0 Å². The molecule has 0 aliphatic rings. The molecule has 0 radical (unpaired) electrons. The minimum atomic E-state index is 0.162. The van der Waals surface area contributed by atoms with Gasteiger partial charge in [-0.3, -0.25) is 0 Å². The Morgan fingerprint density at radius 1 is 1.42 bits per heavy atom. The summed E-state index contributed by atoms with van der Waals surface area (Å²) in [7, 11) is 0. The summed E-state index contributed by atoms with van der Waals surface area (Å²) < 4.78 is 1.76. The van der Waals surface area contributed by atoms with E-state index >= 15 is 0 Å². The predicted octanol–water partition coefficient (Wildman–Crippen LogP) is 1.44. The Bertz CT molecular complexity index is 506. The standard InChI is InChI=1S/C14H20N4O/c1-3-13(8-19)16-7-12-4-5-14(11(2)6-12)18-10-15-9-17-18/h4-6,9-10,13,16,19H,3,7-8H2,1-2H3. The lowest BCUT2D eigenvalue weighted by Crippen LogP contribution is -2.31. The Morgan fingerprint density at radius 2 is 2.26 bits per heavy atom. The van der Waals surface area contributed by atoms with E-state index < -0.39 is 0 Å². The Hall–Kier alpha value is -1.72. The number of hydrogen-bond acceptors (Lipinski definition) is 4. The Balaban J connectivity index is 2.07. The number of aromatic nitrogens is 3. The molecule has 2 N–H and O–H groups in total. The van der Waals surface area contributed by atoms with Gasteiger partial charge in [0.05, 0.1) is 12.3 Å². The van der Waals surface area contributed by atoms with Crippen LogP contribution < -0.4 is 5.32 Å². The molecule has 0 aliphatic carbocycles. The lowest BCUT2D eigenvalue weighted by molar-refractivity contribution is 0.238. The van der Waals surface area contributed by atoms with Gasteiger partial charge in [-0.15, -0.1) is 0 Å². The van der Waals surface area contributed by atoms with Gasteiger partial charge in [-0.05, 0) is 30.5 Å². The zero-order valence-corrected chi connectivity index (χ0v) is 11.4. The molecule has 2 rings (SSSR count). The molecule has 0 fully saturated rings. The van der Waals surface area contributed by atoms with Crippen LogP contribution in [-0.2, 0) is 6.54 Å². The van der Waals surface area contributed by atoms with E-state index in [1.165, 1.54) is 11.9 Å². The number of benzene rings is 1. The first kappa shape index (κ1) is 13.7. The molecule has 0 saturated heterocycles. The summed E-state index contributed by atoms with van der Waals surface area (Å²) in [4.78, 5) is 3.96. The predicted molar refractivity (Wildman–Crippen MR) is 74.1 cm³/mol. The fourth-order valence-electron chi connectivity index (χ4n) is 2.02. The molecule has 1 aromatic carbocycles. The highest BCUT2D eigenvalue weighted by molar-refractivity contribution is 5.41. The van der Waals surface area contributed by atoms with E-state index in [1.807, 2.05) is 6.07 Å². The van der Waals surface area contributed by atoms with Crippen molar-refractivity contribution in [2.24, 2.45) is 0 Å². The molecule has 102 valence electrons. The topological polar surface area (TPSA) is 63.0 Å². The van der Waals surface area contributed by atoms with Crippen molar-refractivity contribution in [2.45, 2.75) is 32.9 Å². The van der Waals surface area contributed by atoms with Gasteiger partial charge in [0.1, 0.15) is 12.7 Å². The average molecular weight is 260 g/mol. The molecule has 0 spiro atoms. The van der Waals surface area contributed by atoms with Gasteiger partial charge in [-0.2, -0.15) is 5.10 Å². The van der Waals surface area contributed by atoms with Crippen LogP contribution in [0.15, 0.2) is 30.9 Å². The zero-order valence-electron chi connectivity index (χ0n) is 11.4. The van der Waals surface area contributed by atoms with Crippen LogP contribution in [0.5, 0.6) is 0 Å². The van der Waals surface area contributed by atoms with Crippen LogP contribution in [0.1, 0.15) is 24.5 Å². The molecule has 1 atom stereocenters. The number of hydrogen-bond donors (Lipinski definition) is 2. The van der Waals surface area contributed by atoms with Crippen LogP contribution >= 0.6 is 0 Å². The molecular formula is C14H20N4O. The maximum absolute atomic E-state index is 9.15. The van der Waals surface area contributed by atoms with Crippen LogP contribution in [0.4, 0.5) is 0 Å². The normalized spacial score (nSPS) is 12.6. The highest BCUT2D eigenvalue weighted by Crippen LogP contribution is 2.14. The Morgan fingerprint density at radius 3 is 2.84 bits per heavy atom.